The third kappa shape index (κ3) is 3.46. The Morgan fingerprint density at radius 1 is 1.39 bits per heavy atom. The number of carbonyl (C=O) groups is 2. The van der Waals surface area contributed by atoms with E-state index in [0.29, 0.717) is 23.7 Å². The summed E-state index contributed by atoms with van der Waals surface area (Å²) in [5.74, 6) is -0.685. The van der Waals surface area contributed by atoms with Crippen LogP contribution in [0, 0.1) is 6.92 Å². The number of hydrogen-bond donors (Lipinski definition) is 1. The summed E-state index contributed by atoms with van der Waals surface area (Å²) in [4.78, 5) is 26.2. The highest BCUT2D eigenvalue weighted by atomic mass is 32.1. The van der Waals surface area contributed by atoms with Crippen molar-refractivity contribution in [3.8, 4) is 0 Å². The van der Waals surface area contributed by atoms with Crippen LogP contribution < -0.4 is 5.73 Å². The molecule has 5 nitrogen and oxygen atoms in total. The highest BCUT2D eigenvalue weighted by Gasteiger charge is 2.16. The van der Waals surface area contributed by atoms with Crippen LogP contribution in [0.1, 0.15) is 28.4 Å². The van der Waals surface area contributed by atoms with Gasteiger partial charge in [0.1, 0.15) is 4.88 Å². The number of thiophene rings is 1. The predicted molar refractivity (Wildman–Crippen MR) is 71.7 cm³/mol. The van der Waals surface area contributed by atoms with Crippen LogP contribution >= 0.6 is 11.3 Å². The minimum atomic E-state index is -0.500. The molecule has 0 saturated heterocycles. The molecule has 0 bridgehead atoms. The van der Waals surface area contributed by atoms with Crippen LogP contribution in [-0.2, 0) is 9.53 Å². The molecule has 0 spiro atoms. The summed E-state index contributed by atoms with van der Waals surface area (Å²) in [5.41, 5.74) is 6.22. The van der Waals surface area contributed by atoms with Crippen molar-refractivity contribution in [3.05, 3.63) is 15.8 Å². The van der Waals surface area contributed by atoms with Crippen LogP contribution in [0.15, 0.2) is 6.07 Å². The van der Waals surface area contributed by atoms with E-state index >= 15 is 0 Å². The first kappa shape index (κ1) is 14.5. The number of aryl methyl sites for hydroxylation is 1. The molecule has 1 heterocycles. The number of carbonyl (C=O) groups excluding carboxylic acids is 2. The fourth-order valence-corrected chi connectivity index (χ4v) is 2.30. The SMILES string of the molecule is CCN(CC)C(=O)COC(=O)c1cc(N)c(C)s1. The lowest BCUT2D eigenvalue weighted by Crippen LogP contribution is -2.34. The van der Waals surface area contributed by atoms with Crippen molar-refractivity contribution in [3.63, 3.8) is 0 Å². The molecule has 0 atom stereocenters. The fraction of sp³-hybridized carbons (Fsp3) is 0.500. The summed E-state index contributed by atoms with van der Waals surface area (Å²) in [6.07, 6.45) is 0. The van der Waals surface area contributed by atoms with Gasteiger partial charge in [-0.15, -0.1) is 11.3 Å². The van der Waals surface area contributed by atoms with E-state index in [1.807, 2.05) is 20.8 Å². The van der Waals surface area contributed by atoms with Gasteiger partial charge >= 0.3 is 5.97 Å². The second-order valence-electron chi connectivity index (χ2n) is 3.76. The lowest BCUT2D eigenvalue weighted by molar-refractivity contribution is -0.134. The van der Waals surface area contributed by atoms with E-state index in [0.717, 1.165) is 4.88 Å². The number of nitrogen functional groups attached to an aromatic ring is 1. The zero-order valence-corrected chi connectivity index (χ0v) is 11.7. The predicted octanol–water partition coefficient (Wildman–Crippen LogP) is 1.66. The van der Waals surface area contributed by atoms with Crippen molar-refractivity contribution in [2.75, 3.05) is 25.4 Å². The van der Waals surface area contributed by atoms with Gasteiger partial charge in [0, 0.05) is 23.7 Å². The molecule has 1 aromatic heterocycles. The number of nitrogens with zero attached hydrogens (tertiary/aromatic N) is 1. The molecule has 0 aliphatic heterocycles. The topological polar surface area (TPSA) is 72.6 Å². The molecular weight excluding hydrogens is 252 g/mol. The summed E-state index contributed by atoms with van der Waals surface area (Å²) in [5, 5.41) is 0. The van der Waals surface area contributed by atoms with Gasteiger partial charge in [0.2, 0.25) is 0 Å². The molecule has 6 heteroatoms. The van der Waals surface area contributed by atoms with Crippen molar-refractivity contribution >= 4 is 28.9 Å². The molecule has 100 valence electrons. The molecule has 0 unspecified atom stereocenters. The first-order valence-corrected chi connectivity index (χ1v) is 6.62. The maximum absolute atomic E-state index is 11.7. The Labute approximate surface area is 111 Å². The molecule has 0 saturated carbocycles. The van der Waals surface area contributed by atoms with Crippen LogP contribution in [0.2, 0.25) is 0 Å². The molecule has 0 aliphatic rings. The zero-order chi connectivity index (χ0) is 13.7. The lowest BCUT2D eigenvalue weighted by atomic mass is 10.4. The van der Waals surface area contributed by atoms with Crippen molar-refractivity contribution in [1.29, 1.82) is 0 Å². The fourth-order valence-electron chi connectivity index (χ4n) is 1.46. The smallest absolute Gasteiger partial charge is 0.348 e. The van der Waals surface area contributed by atoms with E-state index in [9.17, 15) is 9.59 Å². The Bertz CT molecular complexity index is 419. The molecule has 0 aliphatic carbocycles. The van der Waals surface area contributed by atoms with Gasteiger partial charge in [-0.25, -0.2) is 4.79 Å². The summed E-state index contributed by atoms with van der Waals surface area (Å²) in [7, 11) is 0. The average Bonchev–Trinajstić information content (AvgIpc) is 2.68. The van der Waals surface area contributed by atoms with Crippen molar-refractivity contribution in [2.45, 2.75) is 20.8 Å². The number of likely N-dealkylation sites (N-methyl/N-ethyl adjacent to an activating group) is 1. The van der Waals surface area contributed by atoms with E-state index in [1.54, 1.807) is 11.0 Å². The van der Waals surface area contributed by atoms with Crippen LogP contribution in [0.4, 0.5) is 5.69 Å². The minimum absolute atomic E-state index is 0.186. The van der Waals surface area contributed by atoms with Crippen LogP contribution in [-0.4, -0.2) is 36.5 Å². The molecule has 1 amide bonds. The van der Waals surface area contributed by atoms with E-state index in [-0.39, 0.29) is 12.5 Å². The minimum Gasteiger partial charge on any atom is -0.451 e. The normalized spacial score (nSPS) is 10.2. The third-order valence-corrected chi connectivity index (χ3v) is 3.65. The largest absolute Gasteiger partial charge is 0.451 e. The van der Waals surface area contributed by atoms with Crippen LogP contribution in [0.3, 0.4) is 0 Å². The molecular formula is C12H18N2O3S. The molecule has 1 rings (SSSR count). The second kappa shape index (κ2) is 6.39. The Morgan fingerprint density at radius 2 is 2.00 bits per heavy atom. The van der Waals surface area contributed by atoms with Gasteiger partial charge < -0.3 is 15.4 Å². The zero-order valence-electron chi connectivity index (χ0n) is 10.9. The van der Waals surface area contributed by atoms with Gasteiger partial charge in [-0.05, 0) is 26.8 Å². The molecule has 0 radical (unpaired) electrons. The summed E-state index contributed by atoms with van der Waals surface area (Å²) in [6.45, 7) is 6.59. The number of rotatable bonds is 5. The third-order valence-electron chi connectivity index (χ3n) is 2.60. The Kier molecular flexibility index (Phi) is 5.15. The number of amides is 1. The highest BCUT2D eigenvalue weighted by molar-refractivity contribution is 7.14. The molecule has 0 fully saturated rings. The van der Waals surface area contributed by atoms with Gasteiger partial charge in [-0.3, -0.25) is 4.79 Å². The number of hydrogen-bond acceptors (Lipinski definition) is 5. The van der Waals surface area contributed by atoms with Gasteiger partial charge in [-0.2, -0.15) is 0 Å². The van der Waals surface area contributed by atoms with Gasteiger partial charge in [0.05, 0.1) is 0 Å². The van der Waals surface area contributed by atoms with E-state index in [1.165, 1.54) is 11.3 Å². The Morgan fingerprint density at radius 3 is 2.44 bits per heavy atom. The van der Waals surface area contributed by atoms with Crippen molar-refractivity contribution in [1.82, 2.24) is 4.90 Å². The first-order chi connectivity index (χ1) is 8.49. The molecule has 0 aromatic carbocycles. The Balaban J connectivity index is 2.53. The summed E-state index contributed by atoms with van der Waals surface area (Å²) >= 11 is 1.27. The molecule has 18 heavy (non-hydrogen) atoms. The first-order valence-electron chi connectivity index (χ1n) is 5.80. The lowest BCUT2D eigenvalue weighted by Gasteiger charge is -2.17. The van der Waals surface area contributed by atoms with Crippen LogP contribution in [0.5, 0.6) is 0 Å². The van der Waals surface area contributed by atoms with E-state index < -0.39 is 5.97 Å². The van der Waals surface area contributed by atoms with Gasteiger partial charge in [-0.1, -0.05) is 0 Å². The maximum atomic E-state index is 11.7. The standard InChI is InChI=1S/C12H18N2O3S/c1-4-14(5-2)11(15)7-17-12(16)10-6-9(13)8(3)18-10/h6H,4-5,7,13H2,1-3H3. The molecule has 2 N–H and O–H groups in total. The van der Waals surface area contributed by atoms with Crippen molar-refractivity contribution in [2.24, 2.45) is 0 Å². The average molecular weight is 270 g/mol. The number of ether oxygens (including phenoxy) is 1. The Hall–Kier alpha value is -1.56. The number of anilines is 1. The maximum Gasteiger partial charge on any atom is 0.348 e. The second-order valence-corrected chi connectivity index (χ2v) is 5.02. The highest BCUT2D eigenvalue weighted by Crippen LogP contribution is 2.23. The van der Waals surface area contributed by atoms with Crippen molar-refractivity contribution < 1.29 is 14.3 Å². The van der Waals surface area contributed by atoms with Crippen LogP contribution in [0.25, 0.3) is 0 Å². The van der Waals surface area contributed by atoms with Gasteiger partial charge in [0.15, 0.2) is 6.61 Å². The van der Waals surface area contributed by atoms with E-state index in [4.69, 9.17) is 10.5 Å². The molecule has 1 aromatic rings. The van der Waals surface area contributed by atoms with Gasteiger partial charge in [0.25, 0.3) is 5.91 Å². The summed E-state index contributed by atoms with van der Waals surface area (Å²) in [6, 6.07) is 1.57. The monoisotopic (exact) mass is 270 g/mol. The quantitative estimate of drug-likeness (QED) is 0.826. The van der Waals surface area contributed by atoms with E-state index in [2.05, 4.69) is 0 Å². The number of nitrogens with two attached hydrogens (primary N) is 1. The number of esters is 1. The summed E-state index contributed by atoms with van der Waals surface area (Å²) < 4.78 is 4.97.